The molecule has 3 aromatic carbocycles. The van der Waals surface area contributed by atoms with Crippen LogP contribution in [0.1, 0.15) is 40.4 Å². The Balaban J connectivity index is 1.66. The predicted octanol–water partition coefficient (Wildman–Crippen LogP) is 4.74. The zero-order chi connectivity index (χ0) is 24.6. The van der Waals surface area contributed by atoms with Gasteiger partial charge in [-0.3, -0.25) is 9.59 Å². The van der Waals surface area contributed by atoms with E-state index in [9.17, 15) is 9.59 Å². The second-order valence-corrected chi connectivity index (χ2v) is 8.61. The lowest BCUT2D eigenvalue weighted by Crippen LogP contribution is -2.46. The van der Waals surface area contributed by atoms with Crippen LogP contribution in [0.4, 0.5) is 5.69 Å². The van der Waals surface area contributed by atoms with Crippen LogP contribution in [-0.2, 0) is 21.7 Å². The van der Waals surface area contributed by atoms with E-state index >= 15 is 0 Å². The van der Waals surface area contributed by atoms with Crippen molar-refractivity contribution in [2.45, 2.75) is 25.4 Å². The third-order valence-electron chi connectivity index (χ3n) is 6.60. The summed E-state index contributed by atoms with van der Waals surface area (Å²) in [6.45, 7) is 2.11. The summed E-state index contributed by atoms with van der Waals surface area (Å²) in [6, 6.07) is 20.0. The van der Waals surface area contributed by atoms with Crippen LogP contribution in [0, 0.1) is 5.92 Å². The number of hydrogen-bond acceptors (Lipinski definition) is 6. The van der Waals surface area contributed by atoms with Crippen molar-refractivity contribution < 1.29 is 23.9 Å². The van der Waals surface area contributed by atoms with Crippen molar-refractivity contribution in [3.05, 3.63) is 89.0 Å². The first-order valence-corrected chi connectivity index (χ1v) is 11.6. The summed E-state index contributed by atoms with van der Waals surface area (Å²) >= 11 is 0. The molecule has 3 aromatic rings. The molecule has 2 heterocycles. The van der Waals surface area contributed by atoms with Gasteiger partial charge in [0.25, 0.3) is 11.5 Å². The Morgan fingerprint density at radius 3 is 2.54 bits per heavy atom. The topological polar surface area (TPSA) is 86.2 Å². The smallest absolute Gasteiger partial charge is 0.277 e. The molecule has 0 saturated heterocycles. The molecule has 2 aliphatic rings. The minimum absolute atomic E-state index is 0.256. The number of rotatable bonds is 7. The molecule has 0 radical (unpaired) electrons. The summed E-state index contributed by atoms with van der Waals surface area (Å²) < 4.78 is 10.9. The van der Waals surface area contributed by atoms with Gasteiger partial charge in [-0.05, 0) is 30.2 Å². The Kier molecular flexibility index (Phi) is 5.76. The highest BCUT2D eigenvalue weighted by molar-refractivity contribution is 6.25. The van der Waals surface area contributed by atoms with Crippen LogP contribution >= 0.6 is 0 Å². The lowest BCUT2D eigenvalue weighted by atomic mass is 9.74. The number of para-hydroxylation sites is 1. The third-order valence-corrected chi connectivity index (χ3v) is 6.60. The lowest BCUT2D eigenvalue weighted by molar-refractivity contribution is -0.140. The normalized spacial score (nSPS) is 20.1. The van der Waals surface area contributed by atoms with Gasteiger partial charge >= 0.3 is 0 Å². The number of benzene rings is 3. The number of aryl methyl sites for hydroxylation is 1. The minimum atomic E-state index is -1.62. The number of nitrogens with zero attached hydrogens (tertiary/aromatic N) is 1. The average molecular weight is 471 g/mol. The Labute approximate surface area is 203 Å². The molecule has 0 fully saturated rings. The number of ether oxygens (including phenoxy) is 2. The van der Waals surface area contributed by atoms with Crippen molar-refractivity contribution in [1.29, 1.82) is 0 Å². The summed E-state index contributed by atoms with van der Waals surface area (Å²) in [6.07, 6.45) is 1.94. The number of amides is 1. The van der Waals surface area contributed by atoms with Gasteiger partial charge in [-0.15, -0.1) is 0 Å². The molecule has 7 nitrogen and oxygen atoms in total. The Bertz CT molecular complexity index is 1330. The van der Waals surface area contributed by atoms with Gasteiger partial charge in [0.1, 0.15) is 23.1 Å². The largest absolute Gasteiger partial charge is 0.497 e. The zero-order valence-electron chi connectivity index (χ0n) is 19.8. The monoisotopic (exact) mass is 470 g/mol. The van der Waals surface area contributed by atoms with Crippen LogP contribution in [0.3, 0.4) is 0 Å². The van der Waals surface area contributed by atoms with E-state index in [0.29, 0.717) is 39.6 Å². The molecular weight excluding hydrogens is 444 g/mol. The number of hydrogen-bond donors (Lipinski definition) is 1. The van der Waals surface area contributed by atoms with Gasteiger partial charge in [-0.2, -0.15) is 0 Å². The second kappa shape index (κ2) is 8.91. The Morgan fingerprint density at radius 2 is 1.83 bits per heavy atom. The molecule has 2 atom stereocenters. The highest BCUT2D eigenvalue weighted by atomic mass is 16.7. The van der Waals surface area contributed by atoms with Crippen molar-refractivity contribution in [1.82, 2.24) is 0 Å². The number of anilines is 1. The number of nitrogens with one attached hydrogen (secondary N) is 1. The summed E-state index contributed by atoms with van der Waals surface area (Å²) in [5.41, 5.74) is 2.09. The minimum Gasteiger partial charge on any atom is -0.497 e. The number of methoxy groups -OCH3 is 2. The third kappa shape index (κ3) is 3.55. The molecule has 5 rings (SSSR count). The molecule has 0 aliphatic carbocycles. The maximum atomic E-state index is 14.1. The van der Waals surface area contributed by atoms with E-state index in [4.69, 9.17) is 14.3 Å². The molecule has 7 heteroatoms. The summed E-state index contributed by atoms with van der Waals surface area (Å²) in [5.74, 6) is -0.643. The quantitative estimate of drug-likeness (QED) is 0.504. The van der Waals surface area contributed by atoms with Crippen LogP contribution in [0.2, 0.25) is 0 Å². The van der Waals surface area contributed by atoms with Gasteiger partial charge in [0.05, 0.1) is 14.2 Å². The first-order chi connectivity index (χ1) is 17.0. The van der Waals surface area contributed by atoms with Gasteiger partial charge in [-0.25, -0.2) is 0 Å². The number of fused-ring (bicyclic) bond motifs is 2. The van der Waals surface area contributed by atoms with E-state index in [1.807, 2.05) is 24.3 Å². The van der Waals surface area contributed by atoms with E-state index in [-0.39, 0.29) is 5.78 Å². The number of carbonyl (C=O) groups is 2. The highest BCUT2D eigenvalue weighted by Gasteiger charge is 2.63. The lowest BCUT2D eigenvalue weighted by Gasteiger charge is -2.27. The fourth-order valence-corrected chi connectivity index (χ4v) is 4.86. The van der Waals surface area contributed by atoms with Gasteiger partial charge in [0.2, 0.25) is 0 Å². The van der Waals surface area contributed by atoms with Crippen molar-refractivity contribution in [2.75, 3.05) is 19.5 Å². The van der Waals surface area contributed by atoms with Crippen molar-refractivity contribution in [3.8, 4) is 11.5 Å². The molecule has 1 spiro atoms. The van der Waals surface area contributed by atoms with Crippen LogP contribution < -0.4 is 14.8 Å². The molecule has 2 aliphatic heterocycles. The van der Waals surface area contributed by atoms with E-state index < -0.39 is 17.4 Å². The van der Waals surface area contributed by atoms with Crippen LogP contribution in [0.5, 0.6) is 11.5 Å². The van der Waals surface area contributed by atoms with Crippen LogP contribution in [0.25, 0.3) is 0 Å². The van der Waals surface area contributed by atoms with Crippen molar-refractivity contribution in [2.24, 2.45) is 11.1 Å². The zero-order valence-corrected chi connectivity index (χ0v) is 19.8. The van der Waals surface area contributed by atoms with E-state index in [1.54, 1.807) is 49.6 Å². The fourth-order valence-electron chi connectivity index (χ4n) is 4.86. The van der Waals surface area contributed by atoms with Crippen molar-refractivity contribution in [3.63, 3.8) is 0 Å². The Morgan fingerprint density at radius 1 is 1.06 bits per heavy atom. The molecule has 0 unspecified atom stereocenters. The summed E-state index contributed by atoms with van der Waals surface area (Å²) in [5, 5.41) is 7.21. The fraction of sp³-hybridized carbons (Fsp3) is 0.250. The average Bonchev–Trinajstić information content (AvgIpc) is 3.42. The molecular formula is C28H26N2O5. The van der Waals surface area contributed by atoms with Crippen LogP contribution in [-0.4, -0.2) is 31.6 Å². The molecule has 1 N–H and O–H groups in total. The first-order valence-electron chi connectivity index (χ1n) is 11.6. The number of Topliss-reactive ketones (excluding diaryl/α,β-unsaturated/α-hetero) is 1. The summed E-state index contributed by atoms with van der Waals surface area (Å²) in [4.78, 5) is 33.5. The van der Waals surface area contributed by atoms with Gasteiger partial charge in [0.15, 0.2) is 5.78 Å². The number of ketones is 1. The molecule has 1 amide bonds. The van der Waals surface area contributed by atoms with E-state index in [0.717, 1.165) is 18.4 Å². The standard InChI is InChI=1S/C28H26N2O5/c1-4-7-17-10-12-18(13-11-17)26(31)24-25(20-15-14-19(33-2)16-23(20)34-3)30-35-28(24)21-8-5-6-9-22(21)29-27(28)32/h5-6,8-16,24H,4,7H2,1-3H3,(H,29,32)/t24-,28-/m1/s1. The van der Waals surface area contributed by atoms with E-state index in [2.05, 4.69) is 17.4 Å². The van der Waals surface area contributed by atoms with Gasteiger partial charge < -0.3 is 19.6 Å². The first kappa shape index (κ1) is 22.7. The van der Waals surface area contributed by atoms with Gasteiger partial charge in [0, 0.05) is 28.4 Å². The Hall–Kier alpha value is -4.13. The maximum Gasteiger partial charge on any atom is 0.277 e. The predicted molar refractivity (Wildman–Crippen MR) is 132 cm³/mol. The van der Waals surface area contributed by atoms with Crippen LogP contribution in [0.15, 0.2) is 71.9 Å². The van der Waals surface area contributed by atoms with Crippen molar-refractivity contribution >= 4 is 23.1 Å². The molecule has 0 saturated carbocycles. The molecule has 35 heavy (non-hydrogen) atoms. The summed E-state index contributed by atoms with van der Waals surface area (Å²) in [7, 11) is 3.10. The molecule has 0 aromatic heterocycles. The molecule has 178 valence electrons. The number of carbonyl (C=O) groups excluding carboxylic acids is 2. The second-order valence-electron chi connectivity index (χ2n) is 8.61. The molecule has 0 bridgehead atoms. The SMILES string of the molecule is CCCc1ccc(C(=O)[C@H]2C(c3ccc(OC)cc3OC)=NO[C@@]23C(=O)Nc2ccccc23)cc1. The highest BCUT2D eigenvalue weighted by Crippen LogP contribution is 2.50. The van der Waals surface area contributed by atoms with Gasteiger partial charge in [-0.1, -0.05) is 61.0 Å². The number of oxime groups is 1. The van der Waals surface area contributed by atoms with E-state index in [1.165, 1.54) is 7.11 Å². The maximum absolute atomic E-state index is 14.1.